The molecule has 2 N–H and O–H groups in total. The Morgan fingerprint density at radius 3 is 2.93 bits per heavy atom. The van der Waals surface area contributed by atoms with Gasteiger partial charge in [-0.25, -0.2) is 0 Å². The molecule has 0 bridgehead atoms. The Kier molecular flexibility index (Phi) is 3.79. The van der Waals surface area contributed by atoms with Crippen LogP contribution in [0.25, 0.3) is 0 Å². The largest absolute Gasteiger partial charge is 0.374 e. The number of hydrogen-bond donors (Lipinski definition) is 2. The number of hydrogen-bond acceptors (Lipinski definition) is 4. The Morgan fingerprint density at radius 2 is 2.40 bits per heavy atom. The van der Waals surface area contributed by atoms with E-state index in [0.29, 0.717) is 13.2 Å². The number of H-pyrrole nitrogens is 1. The summed E-state index contributed by atoms with van der Waals surface area (Å²) in [5.41, 5.74) is -0.0870. The first kappa shape index (κ1) is 11.6. The molecule has 0 saturated heterocycles. The quantitative estimate of drug-likeness (QED) is 0.738. The van der Waals surface area contributed by atoms with Crippen LogP contribution in [-0.4, -0.2) is 40.1 Å². The average Bonchev–Trinajstić information content (AvgIpc) is 2.67. The number of nitrogens with one attached hydrogen (secondary N) is 2. The Morgan fingerprint density at radius 1 is 1.67 bits per heavy atom. The Hall–Kier alpha value is -1.43. The molecule has 0 aliphatic rings. The summed E-state index contributed by atoms with van der Waals surface area (Å²) in [7, 11) is 0. The summed E-state index contributed by atoms with van der Waals surface area (Å²) in [5, 5.41) is 12.3. The number of amides is 1. The minimum atomic E-state index is -0.367. The number of nitrogens with zero attached hydrogens (tertiary/aromatic N) is 2. The maximum Gasteiger partial charge on any atom is 0.273 e. The normalized spacial score (nSPS) is 11.4. The highest BCUT2D eigenvalue weighted by molar-refractivity contribution is 5.91. The van der Waals surface area contributed by atoms with Gasteiger partial charge in [-0.1, -0.05) is 0 Å². The fourth-order valence-electron chi connectivity index (χ4n) is 1.14. The third kappa shape index (κ3) is 3.67. The molecule has 6 heteroatoms. The summed E-state index contributed by atoms with van der Waals surface area (Å²) >= 11 is 0. The molecule has 1 aromatic rings. The lowest BCUT2D eigenvalue weighted by Crippen LogP contribution is -2.40. The van der Waals surface area contributed by atoms with Gasteiger partial charge >= 0.3 is 0 Å². The molecule has 15 heavy (non-hydrogen) atoms. The van der Waals surface area contributed by atoms with Crippen molar-refractivity contribution in [3.63, 3.8) is 0 Å². The van der Waals surface area contributed by atoms with Crippen molar-refractivity contribution in [2.24, 2.45) is 0 Å². The molecule has 1 rings (SSSR count). The smallest absolute Gasteiger partial charge is 0.273 e. The van der Waals surface area contributed by atoms with Crippen molar-refractivity contribution in [3.05, 3.63) is 11.9 Å². The molecular weight excluding hydrogens is 196 g/mol. The van der Waals surface area contributed by atoms with E-state index in [0.717, 1.165) is 0 Å². The highest BCUT2D eigenvalue weighted by Crippen LogP contribution is 2.06. The second kappa shape index (κ2) is 4.88. The SMILES string of the molecule is CCOC(C)(C)CNC(=O)c1cn[nH]n1. The van der Waals surface area contributed by atoms with Gasteiger partial charge in [-0.2, -0.15) is 15.4 Å². The minimum Gasteiger partial charge on any atom is -0.374 e. The number of aromatic nitrogens is 3. The van der Waals surface area contributed by atoms with E-state index in [2.05, 4.69) is 20.7 Å². The molecule has 1 amide bonds. The lowest BCUT2D eigenvalue weighted by Gasteiger charge is -2.24. The van der Waals surface area contributed by atoms with Crippen molar-refractivity contribution < 1.29 is 9.53 Å². The summed E-state index contributed by atoms with van der Waals surface area (Å²) in [6, 6.07) is 0. The number of carbonyl (C=O) groups excluding carboxylic acids is 1. The van der Waals surface area contributed by atoms with Crippen LogP contribution in [0.1, 0.15) is 31.3 Å². The summed E-state index contributed by atoms with van der Waals surface area (Å²) in [6.45, 7) is 6.81. The zero-order valence-corrected chi connectivity index (χ0v) is 9.20. The first-order chi connectivity index (χ1) is 7.05. The van der Waals surface area contributed by atoms with Gasteiger partial charge in [0.1, 0.15) is 0 Å². The first-order valence-electron chi connectivity index (χ1n) is 4.83. The van der Waals surface area contributed by atoms with Crippen LogP contribution in [0.4, 0.5) is 0 Å². The van der Waals surface area contributed by atoms with E-state index >= 15 is 0 Å². The standard InChI is InChI=1S/C9H16N4O2/c1-4-15-9(2,3)6-10-8(14)7-5-11-13-12-7/h5H,4,6H2,1-3H3,(H,10,14)(H,11,12,13). The predicted molar refractivity (Wildman–Crippen MR) is 54.4 cm³/mol. The van der Waals surface area contributed by atoms with E-state index in [4.69, 9.17) is 4.74 Å². The monoisotopic (exact) mass is 212 g/mol. The van der Waals surface area contributed by atoms with Crippen molar-refractivity contribution in [2.75, 3.05) is 13.2 Å². The Labute approximate surface area is 88.4 Å². The zero-order valence-electron chi connectivity index (χ0n) is 9.20. The van der Waals surface area contributed by atoms with Crippen LogP contribution in [-0.2, 0) is 4.74 Å². The van der Waals surface area contributed by atoms with Gasteiger partial charge in [0.2, 0.25) is 0 Å². The Balaban J connectivity index is 2.40. The van der Waals surface area contributed by atoms with E-state index in [-0.39, 0.29) is 17.2 Å². The van der Waals surface area contributed by atoms with Crippen molar-refractivity contribution in [1.29, 1.82) is 0 Å². The second-order valence-corrected chi connectivity index (χ2v) is 3.73. The average molecular weight is 212 g/mol. The molecule has 0 atom stereocenters. The summed E-state index contributed by atoms with van der Waals surface area (Å²) in [6.07, 6.45) is 1.38. The third-order valence-electron chi connectivity index (χ3n) is 1.86. The van der Waals surface area contributed by atoms with Gasteiger partial charge in [0.05, 0.1) is 11.8 Å². The van der Waals surface area contributed by atoms with Gasteiger partial charge in [0.15, 0.2) is 5.69 Å². The number of aromatic amines is 1. The van der Waals surface area contributed by atoms with E-state index < -0.39 is 0 Å². The van der Waals surface area contributed by atoms with E-state index in [1.165, 1.54) is 6.20 Å². The molecule has 6 nitrogen and oxygen atoms in total. The van der Waals surface area contributed by atoms with Gasteiger partial charge in [-0.05, 0) is 20.8 Å². The van der Waals surface area contributed by atoms with Crippen LogP contribution < -0.4 is 5.32 Å². The van der Waals surface area contributed by atoms with E-state index in [1.54, 1.807) is 0 Å². The molecule has 0 fully saturated rings. The van der Waals surface area contributed by atoms with Crippen molar-refractivity contribution in [2.45, 2.75) is 26.4 Å². The van der Waals surface area contributed by atoms with Crippen LogP contribution in [0.3, 0.4) is 0 Å². The fourth-order valence-corrected chi connectivity index (χ4v) is 1.14. The van der Waals surface area contributed by atoms with Crippen LogP contribution in [0.15, 0.2) is 6.20 Å². The molecule has 0 spiro atoms. The molecule has 1 aromatic heterocycles. The van der Waals surface area contributed by atoms with E-state index in [9.17, 15) is 4.79 Å². The van der Waals surface area contributed by atoms with Crippen molar-refractivity contribution >= 4 is 5.91 Å². The fraction of sp³-hybridized carbons (Fsp3) is 0.667. The van der Waals surface area contributed by atoms with Crippen molar-refractivity contribution in [1.82, 2.24) is 20.7 Å². The van der Waals surface area contributed by atoms with Crippen LogP contribution >= 0.6 is 0 Å². The maximum absolute atomic E-state index is 11.5. The molecular formula is C9H16N4O2. The number of ether oxygens (including phenoxy) is 1. The highest BCUT2D eigenvalue weighted by atomic mass is 16.5. The Bertz CT molecular complexity index is 308. The summed E-state index contributed by atoms with van der Waals surface area (Å²) in [4.78, 5) is 11.5. The number of rotatable bonds is 5. The third-order valence-corrected chi connectivity index (χ3v) is 1.86. The van der Waals surface area contributed by atoms with Crippen molar-refractivity contribution in [3.8, 4) is 0 Å². The van der Waals surface area contributed by atoms with Crippen LogP contribution in [0, 0.1) is 0 Å². The van der Waals surface area contributed by atoms with Gasteiger partial charge in [-0.3, -0.25) is 4.79 Å². The molecule has 0 aliphatic carbocycles. The van der Waals surface area contributed by atoms with Crippen LogP contribution in [0.5, 0.6) is 0 Å². The summed E-state index contributed by atoms with van der Waals surface area (Å²) < 4.78 is 5.44. The minimum absolute atomic E-state index is 0.253. The molecule has 0 radical (unpaired) electrons. The first-order valence-corrected chi connectivity index (χ1v) is 4.83. The molecule has 0 saturated carbocycles. The highest BCUT2D eigenvalue weighted by Gasteiger charge is 2.19. The molecule has 1 heterocycles. The lowest BCUT2D eigenvalue weighted by atomic mass is 10.1. The zero-order chi connectivity index (χ0) is 11.3. The van der Waals surface area contributed by atoms with E-state index in [1.807, 2.05) is 20.8 Å². The van der Waals surface area contributed by atoms with Crippen LogP contribution in [0.2, 0.25) is 0 Å². The molecule has 0 aromatic carbocycles. The van der Waals surface area contributed by atoms with Gasteiger partial charge in [0, 0.05) is 13.2 Å². The maximum atomic E-state index is 11.5. The lowest BCUT2D eigenvalue weighted by molar-refractivity contribution is -0.00818. The topological polar surface area (TPSA) is 79.9 Å². The van der Waals surface area contributed by atoms with Gasteiger partial charge in [0.25, 0.3) is 5.91 Å². The second-order valence-electron chi connectivity index (χ2n) is 3.73. The molecule has 0 unspecified atom stereocenters. The predicted octanol–water partition coefficient (Wildman–Crippen LogP) is 0.350. The van der Waals surface area contributed by atoms with Gasteiger partial charge in [-0.15, -0.1) is 0 Å². The summed E-state index contributed by atoms with van der Waals surface area (Å²) in [5.74, 6) is -0.253. The molecule has 0 aliphatic heterocycles. The number of carbonyl (C=O) groups is 1. The molecule has 84 valence electrons. The van der Waals surface area contributed by atoms with Gasteiger partial charge < -0.3 is 10.1 Å².